The molecule has 2 atom stereocenters. The van der Waals surface area contributed by atoms with Gasteiger partial charge in [0.05, 0.1) is 10.0 Å². The molecule has 2 unspecified atom stereocenters. The van der Waals surface area contributed by atoms with Crippen LogP contribution < -0.4 is 5.32 Å². The summed E-state index contributed by atoms with van der Waals surface area (Å²) in [6.45, 7) is 4.37. The zero-order valence-corrected chi connectivity index (χ0v) is 12.9. The molecule has 3 rings (SSSR count). The summed E-state index contributed by atoms with van der Waals surface area (Å²) in [7, 11) is 0. The van der Waals surface area contributed by atoms with E-state index in [1.54, 1.807) is 0 Å². The molecule has 0 heterocycles. The minimum Gasteiger partial charge on any atom is -0.316 e. The Morgan fingerprint density at radius 1 is 1.21 bits per heavy atom. The number of fused-ring (bicyclic) bond motifs is 1. The predicted octanol–water partition coefficient (Wildman–Crippen LogP) is 4.56. The van der Waals surface area contributed by atoms with Crippen LogP contribution in [0.2, 0.25) is 10.0 Å². The van der Waals surface area contributed by atoms with Gasteiger partial charge in [0.1, 0.15) is 0 Å². The third kappa shape index (κ3) is 2.94. The second kappa shape index (κ2) is 5.27. The fourth-order valence-corrected chi connectivity index (χ4v) is 4.15. The van der Waals surface area contributed by atoms with Crippen LogP contribution in [0.3, 0.4) is 0 Å². The van der Waals surface area contributed by atoms with Crippen LogP contribution in [0.15, 0.2) is 18.2 Å². The quantitative estimate of drug-likeness (QED) is 0.840. The lowest BCUT2D eigenvalue weighted by Gasteiger charge is -2.31. The van der Waals surface area contributed by atoms with Crippen LogP contribution in [-0.4, -0.2) is 13.1 Å². The van der Waals surface area contributed by atoms with Gasteiger partial charge >= 0.3 is 0 Å². The molecule has 0 saturated heterocycles. The van der Waals surface area contributed by atoms with Crippen molar-refractivity contribution in [3.05, 3.63) is 33.8 Å². The van der Waals surface area contributed by atoms with Crippen molar-refractivity contribution in [1.29, 1.82) is 0 Å². The number of hydrogen-bond acceptors (Lipinski definition) is 1. The summed E-state index contributed by atoms with van der Waals surface area (Å²) in [5.41, 5.74) is 1.77. The van der Waals surface area contributed by atoms with Gasteiger partial charge in [0, 0.05) is 6.54 Å². The molecule has 0 radical (unpaired) electrons. The van der Waals surface area contributed by atoms with E-state index in [2.05, 4.69) is 18.3 Å². The minimum absolute atomic E-state index is 0.445. The van der Waals surface area contributed by atoms with Gasteiger partial charge in [-0.25, -0.2) is 0 Å². The summed E-state index contributed by atoms with van der Waals surface area (Å²) in [5, 5.41) is 4.89. The number of rotatable bonds is 5. The molecule has 1 nitrogen and oxygen atoms in total. The van der Waals surface area contributed by atoms with Crippen LogP contribution >= 0.6 is 23.2 Å². The highest BCUT2D eigenvalue weighted by molar-refractivity contribution is 6.42. The van der Waals surface area contributed by atoms with E-state index < -0.39 is 0 Å². The van der Waals surface area contributed by atoms with Crippen molar-refractivity contribution >= 4 is 23.2 Å². The Morgan fingerprint density at radius 3 is 2.58 bits per heavy atom. The lowest BCUT2D eigenvalue weighted by atomic mass is 9.77. The molecule has 0 amide bonds. The van der Waals surface area contributed by atoms with Crippen molar-refractivity contribution in [2.24, 2.45) is 17.3 Å². The lowest BCUT2D eigenvalue weighted by molar-refractivity contribution is 0.250. The molecule has 1 aromatic rings. The van der Waals surface area contributed by atoms with E-state index in [1.165, 1.54) is 24.8 Å². The normalized spacial score (nSPS) is 32.4. The maximum Gasteiger partial charge on any atom is 0.0595 e. The number of halogens is 2. The van der Waals surface area contributed by atoms with Crippen LogP contribution in [0, 0.1) is 17.3 Å². The maximum absolute atomic E-state index is 6.14. The molecule has 19 heavy (non-hydrogen) atoms. The Morgan fingerprint density at radius 2 is 1.95 bits per heavy atom. The first-order valence-electron chi connectivity index (χ1n) is 7.26. The van der Waals surface area contributed by atoms with Gasteiger partial charge in [-0.1, -0.05) is 36.2 Å². The first kappa shape index (κ1) is 13.7. The first-order chi connectivity index (χ1) is 9.12. The molecular formula is C16H21Cl2N. The van der Waals surface area contributed by atoms with Crippen LogP contribution in [0.4, 0.5) is 0 Å². The van der Waals surface area contributed by atoms with Crippen LogP contribution in [-0.2, 0) is 6.42 Å². The van der Waals surface area contributed by atoms with Gasteiger partial charge in [-0.05, 0) is 67.2 Å². The van der Waals surface area contributed by atoms with E-state index in [-0.39, 0.29) is 0 Å². The highest BCUT2D eigenvalue weighted by atomic mass is 35.5. The summed E-state index contributed by atoms with van der Waals surface area (Å²) >= 11 is 12.1. The third-order valence-corrected chi connectivity index (χ3v) is 5.51. The fraction of sp³-hybridized carbons (Fsp3) is 0.625. The number of nitrogens with one attached hydrogen (secondary N) is 1. The monoisotopic (exact) mass is 297 g/mol. The predicted molar refractivity (Wildman–Crippen MR) is 82.0 cm³/mol. The molecular weight excluding hydrogens is 277 g/mol. The van der Waals surface area contributed by atoms with Crippen LogP contribution in [0.5, 0.6) is 0 Å². The molecule has 2 saturated carbocycles. The summed E-state index contributed by atoms with van der Waals surface area (Å²) in [5.74, 6) is 2.00. The Kier molecular flexibility index (Phi) is 3.81. The highest BCUT2D eigenvalue weighted by Crippen LogP contribution is 2.60. The molecule has 1 aromatic carbocycles. The third-order valence-electron chi connectivity index (χ3n) is 4.77. The van der Waals surface area contributed by atoms with Gasteiger partial charge in [-0.15, -0.1) is 0 Å². The smallest absolute Gasteiger partial charge is 0.0595 e. The largest absolute Gasteiger partial charge is 0.316 e. The van der Waals surface area contributed by atoms with Gasteiger partial charge in [-0.2, -0.15) is 0 Å². The summed E-state index contributed by atoms with van der Waals surface area (Å²) < 4.78 is 0. The Bertz CT molecular complexity index is 462. The Balaban J connectivity index is 1.75. The molecule has 1 N–H and O–H groups in total. The fourth-order valence-electron chi connectivity index (χ4n) is 3.83. The number of hydrogen-bond donors (Lipinski definition) is 1. The molecule has 0 aromatic heterocycles. The Hall–Kier alpha value is -0.240. The van der Waals surface area contributed by atoms with Gasteiger partial charge in [0.15, 0.2) is 0 Å². The maximum atomic E-state index is 6.14. The zero-order chi connectivity index (χ0) is 13.5. The van der Waals surface area contributed by atoms with Crippen molar-refractivity contribution in [2.75, 3.05) is 13.1 Å². The van der Waals surface area contributed by atoms with Crippen LogP contribution in [0.25, 0.3) is 0 Å². The topological polar surface area (TPSA) is 12.0 Å². The standard InChI is InChI=1S/C16H21Cl2N/c1-2-19-10-16(8-12-6-13(12)9-16)7-11-3-4-14(17)15(18)5-11/h3-5,12-13,19H,2,6-10H2,1H3. The van der Waals surface area contributed by atoms with Crippen molar-refractivity contribution < 1.29 is 0 Å². The summed E-state index contributed by atoms with van der Waals surface area (Å²) in [6, 6.07) is 6.10. The molecule has 2 aliphatic carbocycles. The molecule has 104 valence electrons. The number of benzene rings is 1. The molecule has 0 aliphatic heterocycles. The van der Waals surface area contributed by atoms with Gasteiger partial charge < -0.3 is 5.32 Å². The second-order valence-electron chi connectivity index (χ2n) is 6.37. The van der Waals surface area contributed by atoms with Gasteiger partial charge in [-0.3, -0.25) is 0 Å². The molecule has 2 fully saturated rings. The van der Waals surface area contributed by atoms with E-state index in [4.69, 9.17) is 23.2 Å². The lowest BCUT2D eigenvalue weighted by Crippen LogP contribution is -2.35. The van der Waals surface area contributed by atoms with Crippen molar-refractivity contribution in [3.8, 4) is 0 Å². The van der Waals surface area contributed by atoms with E-state index in [0.717, 1.165) is 31.3 Å². The van der Waals surface area contributed by atoms with E-state index >= 15 is 0 Å². The van der Waals surface area contributed by atoms with E-state index in [9.17, 15) is 0 Å². The van der Waals surface area contributed by atoms with Gasteiger partial charge in [0.2, 0.25) is 0 Å². The second-order valence-corrected chi connectivity index (χ2v) is 7.18. The average molecular weight is 298 g/mol. The van der Waals surface area contributed by atoms with Crippen molar-refractivity contribution in [3.63, 3.8) is 0 Å². The highest BCUT2D eigenvalue weighted by Gasteiger charge is 2.53. The summed E-state index contributed by atoms with van der Waals surface area (Å²) in [4.78, 5) is 0. The summed E-state index contributed by atoms with van der Waals surface area (Å²) in [6.07, 6.45) is 5.36. The minimum atomic E-state index is 0.445. The van der Waals surface area contributed by atoms with Crippen molar-refractivity contribution in [1.82, 2.24) is 5.32 Å². The Labute approximate surface area is 125 Å². The molecule has 0 bridgehead atoms. The average Bonchev–Trinajstić information content (AvgIpc) is 3.00. The first-order valence-corrected chi connectivity index (χ1v) is 8.02. The molecule has 2 aliphatic rings. The SMILES string of the molecule is CCNCC1(Cc2ccc(Cl)c(Cl)c2)CC2CC2C1. The van der Waals surface area contributed by atoms with E-state index in [1.807, 2.05) is 12.1 Å². The molecule has 0 spiro atoms. The van der Waals surface area contributed by atoms with Crippen molar-refractivity contribution in [2.45, 2.75) is 32.6 Å². The van der Waals surface area contributed by atoms with Crippen LogP contribution in [0.1, 0.15) is 31.7 Å². The molecule has 3 heteroatoms. The van der Waals surface area contributed by atoms with E-state index in [0.29, 0.717) is 15.5 Å². The zero-order valence-electron chi connectivity index (χ0n) is 11.4. The van der Waals surface area contributed by atoms with Gasteiger partial charge in [0.25, 0.3) is 0 Å².